The number of likely N-dealkylation sites (tertiary alicyclic amines) is 1. The van der Waals surface area contributed by atoms with Crippen LogP contribution in [0.1, 0.15) is 44.5 Å². The summed E-state index contributed by atoms with van der Waals surface area (Å²) in [5, 5.41) is 4.70. The first-order chi connectivity index (χ1) is 9.74. The lowest BCUT2D eigenvalue weighted by Crippen LogP contribution is -2.36. The zero-order chi connectivity index (χ0) is 15.8. The Morgan fingerprint density at radius 2 is 2.10 bits per heavy atom. The lowest BCUT2D eigenvalue weighted by Gasteiger charge is -2.29. The molecule has 2 rings (SSSR count). The molecular formula is C16H31N5. The van der Waals surface area contributed by atoms with Gasteiger partial charge in [-0.15, -0.1) is 0 Å². The van der Waals surface area contributed by atoms with Crippen molar-refractivity contribution >= 4 is 0 Å². The third-order valence-electron chi connectivity index (χ3n) is 4.52. The van der Waals surface area contributed by atoms with Crippen molar-refractivity contribution in [2.45, 2.75) is 44.7 Å². The SMILES string of the molecule is CN(C)C1CCN(C(CN)c2cn(C)nc2C(C)(C)C)C1. The van der Waals surface area contributed by atoms with Crippen LogP contribution >= 0.6 is 0 Å². The maximum Gasteiger partial charge on any atom is 0.0726 e. The van der Waals surface area contributed by atoms with Crippen LogP contribution in [0.2, 0.25) is 0 Å². The van der Waals surface area contributed by atoms with Crippen molar-refractivity contribution in [1.82, 2.24) is 19.6 Å². The monoisotopic (exact) mass is 293 g/mol. The first kappa shape index (κ1) is 16.5. The van der Waals surface area contributed by atoms with Gasteiger partial charge in [0.15, 0.2) is 0 Å². The van der Waals surface area contributed by atoms with Gasteiger partial charge in [0, 0.05) is 49.9 Å². The van der Waals surface area contributed by atoms with Crippen LogP contribution in [0.15, 0.2) is 6.20 Å². The molecule has 0 aliphatic carbocycles. The van der Waals surface area contributed by atoms with Crippen LogP contribution in [0.3, 0.4) is 0 Å². The first-order valence-corrected chi connectivity index (χ1v) is 7.88. The summed E-state index contributed by atoms with van der Waals surface area (Å²) in [6.45, 7) is 9.52. The van der Waals surface area contributed by atoms with Crippen molar-refractivity contribution in [2.24, 2.45) is 12.8 Å². The quantitative estimate of drug-likeness (QED) is 0.910. The third-order valence-corrected chi connectivity index (χ3v) is 4.52. The van der Waals surface area contributed by atoms with E-state index in [-0.39, 0.29) is 11.5 Å². The number of nitrogens with two attached hydrogens (primary N) is 1. The van der Waals surface area contributed by atoms with Gasteiger partial charge in [0.05, 0.1) is 11.7 Å². The Kier molecular flexibility index (Phi) is 4.76. The van der Waals surface area contributed by atoms with Gasteiger partial charge in [-0.2, -0.15) is 5.10 Å². The summed E-state index contributed by atoms with van der Waals surface area (Å²) in [7, 11) is 6.32. The fourth-order valence-electron chi connectivity index (χ4n) is 3.28. The Labute approximate surface area is 129 Å². The smallest absolute Gasteiger partial charge is 0.0726 e. The molecule has 0 radical (unpaired) electrons. The average molecular weight is 293 g/mol. The number of hydrogen-bond donors (Lipinski definition) is 1. The van der Waals surface area contributed by atoms with Crippen LogP contribution in [0, 0.1) is 0 Å². The molecular weight excluding hydrogens is 262 g/mol. The highest BCUT2D eigenvalue weighted by atomic mass is 15.3. The van der Waals surface area contributed by atoms with E-state index < -0.39 is 0 Å². The van der Waals surface area contributed by atoms with E-state index in [0.717, 1.165) is 13.1 Å². The molecule has 21 heavy (non-hydrogen) atoms. The minimum absolute atomic E-state index is 0.0463. The summed E-state index contributed by atoms with van der Waals surface area (Å²) in [4.78, 5) is 4.85. The van der Waals surface area contributed by atoms with E-state index in [4.69, 9.17) is 10.8 Å². The van der Waals surface area contributed by atoms with Crippen LogP contribution in [0.4, 0.5) is 0 Å². The zero-order valence-electron chi connectivity index (χ0n) is 14.4. The van der Waals surface area contributed by atoms with E-state index in [1.54, 1.807) is 0 Å². The Balaban J connectivity index is 2.27. The predicted octanol–water partition coefficient (Wildman–Crippen LogP) is 1.35. The molecule has 0 amide bonds. The maximum atomic E-state index is 6.14. The van der Waals surface area contributed by atoms with Crippen molar-refractivity contribution in [2.75, 3.05) is 33.7 Å². The standard InChI is InChI=1S/C16H31N5/c1-16(2,3)15-13(11-20(6)18-15)14(9-17)21-8-7-12(10-21)19(4)5/h11-12,14H,7-10,17H2,1-6H3. The van der Waals surface area contributed by atoms with Crippen molar-refractivity contribution < 1.29 is 0 Å². The molecule has 2 unspecified atom stereocenters. The Bertz CT molecular complexity index is 472. The van der Waals surface area contributed by atoms with E-state index in [0.29, 0.717) is 12.6 Å². The van der Waals surface area contributed by atoms with Gasteiger partial charge < -0.3 is 10.6 Å². The Morgan fingerprint density at radius 3 is 2.57 bits per heavy atom. The minimum atomic E-state index is 0.0463. The number of aryl methyl sites for hydroxylation is 1. The van der Waals surface area contributed by atoms with Crippen LogP contribution in [0.5, 0.6) is 0 Å². The summed E-state index contributed by atoms with van der Waals surface area (Å²) in [6, 6.07) is 0.909. The second-order valence-electron chi connectivity index (χ2n) is 7.51. The summed E-state index contributed by atoms with van der Waals surface area (Å²) < 4.78 is 1.93. The number of rotatable bonds is 4. The zero-order valence-corrected chi connectivity index (χ0v) is 14.4. The predicted molar refractivity (Wildman–Crippen MR) is 87.4 cm³/mol. The van der Waals surface area contributed by atoms with E-state index in [1.807, 2.05) is 11.7 Å². The van der Waals surface area contributed by atoms with Gasteiger partial charge in [-0.25, -0.2) is 0 Å². The molecule has 1 aromatic rings. The number of nitrogens with zero attached hydrogens (tertiary/aromatic N) is 4. The van der Waals surface area contributed by atoms with Gasteiger partial charge in [0.1, 0.15) is 0 Å². The molecule has 0 spiro atoms. The third kappa shape index (κ3) is 3.47. The highest BCUT2D eigenvalue weighted by Gasteiger charge is 2.33. The van der Waals surface area contributed by atoms with Crippen molar-refractivity contribution in [3.8, 4) is 0 Å². The first-order valence-electron chi connectivity index (χ1n) is 7.88. The molecule has 1 fully saturated rings. The van der Waals surface area contributed by atoms with Crippen LogP contribution in [-0.2, 0) is 12.5 Å². The lowest BCUT2D eigenvalue weighted by atomic mass is 9.87. The van der Waals surface area contributed by atoms with E-state index >= 15 is 0 Å². The van der Waals surface area contributed by atoms with Gasteiger partial charge in [0.2, 0.25) is 0 Å². The summed E-state index contributed by atoms with van der Waals surface area (Å²) in [5.74, 6) is 0. The second kappa shape index (κ2) is 6.07. The van der Waals surface area contributed by atoms with Crippen molar-refractivity contribution in [3.05, 3.63) is 17.5 Å². The van der Waals surface area contributed by atoms with Gasteiger partial charge in [-0.05, 0) is 20.5 Å². The molecule has 0 saturated carbocycles. The summed E-state index contributed by atoms with van der Waals surface area (Å²) >= 11 is 0. The topological polar surface area (TPSA) is 50.3 Å². The van der Waals surface area contributed by atoms with E-state index in [1.165, 1.54) is 17.7 Å². The van der Waals surface area contributed by atoms with Crippen molar-refractivity contribution in [1.29, 1.82) is 0 Å². The average Bonchev–Trinajstić information content (AvgIpc) is 2.97. The van der Waals surface area contributed by atoms with Gasteiger partial charge in [-0.3, -0.25) is 9.58 Å². The maximum absolute atomic E-state index is 6.14. The molecule has 0 aromatic carbocycles. The van der Waals surface area contributed by atoms with Gasteiger partial charge in [-0.1, -0.05) is 20.8 Å². The van der Waals surface area contributed by atoms with Gasteiger partial charge in [0.25, 0.3) is 0 Å². The molecule has 1 aliphatic rings. The molecule has 5 heteroatoms. The summed E-state index contributed by atoms with van der Waals surface area (Å²) in [6.07, 6.45) is 3.37. The van der Waals surface area contributed by atoms with Crippen LogP contribution in [0.25, 0.3) is 0 Å². The highest BCUT2D eigenvalue weighted by Crippen LogP contribution is 2.32. The normalized spacial score (nSPS) is 22.2. The van der Waals surface area contributed by atoms with Crippen LogP contribution < -0.4 is 5.73 Å². The molecule has 2 atom stereocenters. The molecule has 1 saturated heterocycles. The lowest BCUT2D eigenvalue weighted by molar-refractivity contribution is 0.219. The Morgan fingerprint density at radius 1 is 1.43 bits per heavy atom. The highest BCUT2D eigenvalue weighted by molar-refractivity contribution is 5.28. The minimum Gasteiger partial charge on any atom is -0.329 e. The molecule has 2 heterocycles. The molecule has 1 aromatic heterocycles. The molecule has 5 nitrogen and oxygen atoms in total. The number of aromatic nitrogens is 2. The molecule has 120 valence electrons. The Hall–Kier alpha value is -0.910. The largest absolute Gasteiger partial charge is 0.329 e. The van der Waals surface area contributed by atoms with E-state index in [9.17, 15) is 0 Å². The molecule has 0 bridgehead atoms. The fourth-order valence-corrected chi connectivity index (χ4v) is 3.28. The number of likely N-dealkylation sites (N-methyl/N-ethyl adjacent to an activating group) is 1. The number of hydrogen-bond acceptors (Lipinski definition) is 4. The van der Waals surface area contributed by atoms with Crippen molar-refractivity contribution in [3.63, 3.8) is 0 Å². The van der Waals surface area contributed by atoms with Crippen LogP contribution in [-0.4, -0.2) is 59.4 Å². The molecule has 1 aliphatic heterocycles. The van der Waals surface area contributed by atoms with Gasteiger partial charge >= 0.3 is 0 Å². The second-order valence-corrected chi connectivity index (χ2v) is 7.51. The van der Waals surface area contributed by atoms with E-state index in [2.05, 4.69) is 50.9 Å². The molecule has 2 N–H and O–H groups in total. The summed E-state index contributed by atoms with van der Waals surface area (Å²) in [5.41, 5.74) is 8.65. The fraction of sp³-hybridized carbons (Fsp3) is 0.812.